The molecule has 3 aromatic heterocycles. The van der Waals surface area contributed by atoms with Crippen molar-refractivity contribution in [3.63, 3.8) is 0 Å². The first-order valence-corrected chi connectivity index (χ1v) is 12.3. The summed E-state index contributed by atoms with van der Waals surface area (Å²) in [5.41, 5.74) is -2.08. The van der Waals surface area contributed by atoms with E-state index in [-0.39, 0.29) is 47.0 Å². The van der Waals surface area contributed by atoms with Gasteiger partial charge >= 0.3 is 12.8 Å². The maximum Gasteiger partial charge on any atom is 0.407 e. The molecule has 0 amide bonds. The molecule has 1 N–H and O–H groups in total. The molecule has 15 heteroatoms. The fourth-order valence-electron chi connectivity index (χ4n) is 3.98. The zero-order valence-corrected chi connectivity index (χ0v) is 19.8. The highest BCUT2D eigenvalue weighted by Crippen LogP contribution is 2.49. The van der Waals surface area contributed by atoms with Crippen molar-refractivity contribution in [1.29, 1.82) is 5.26 Å². The van der Waals surface area contributed by atoms with E-state index in [0.717, 1.165) is 12.3 Å². The highest BCUT2D eigenvalue weighted by atomic mass is 32.2. The van der Waals surface area contributed by atoms with Crippen LogP contribution in [0.15, 0.2) is 59.9 Å². The molecule has 0 saturated heterocycles. The number of benzene rings is 1. The molecule has 3 heterocycles. The SMILES string of the molecule is N#Cc1c(-c2ccc(S(=O)(=O)NC3(C(F)(F)F)CC3)cn2)n(-c2ncccn2)c2cc(OC(F)F)ccc12. The van der Waals surface area contributed by atoms with Crippen LogP contribution in [0, 0.1) is 11.3 Å². The van der Waals surface area contributed by atoms with E-state index >= 15 is 0 Å². The maximum atomic E-state index is 13.3. The van der Waals surface area contributed by atoms with Crippen LogP contribution in [0.3, 0.4) is 0 Å². The standard InChI is InChI=1S/C23H15F5N6O3S/c24-20(25)37-13-2-4-15-16(11-29)19(34(18(15)10-13)21-30-8-1-9-31-21)17-5-3-14(12-32-17)38(35,36)33-22(6-7-22)23(26,27)28/h1-5,8-10,12,20,33H,6-7H2. The molecule has 0 unspecified atom stereocenters. The highest BCUT2D eigenvalue weighted by molar-refractivity contribution is 7.89. The molecule has 1 fully saturated rings. The second-order valence-electron chi connectivity index (χ2n) is 8.34. The Morgan fingerprint density at radius 1 is 1.11 bits per heavy atom. The number of nitrogens with zero attached hydrogens (tertiary/aromatic N) is 5. The van der Waals surface area contributed by atoms with Gasteiger partial charge < -0.3 is 4.74 Å². The molecule has 4 aromatic rings. The molecule has 1 aromatic carbocycles. The average molecular weight is 550 g/mol. The van der Waals surface area contributed by atoms with Gasteiger partial charge in [0.1, 0.15) is 22.3 Å². The number of fused-ring (bicyclic) bond motifs is 1. The van der Waals surface area contributed by atoms with Crippen molar-refractivity contribution in [3.8, 4) is 29.2 Å². The molecule has 9 nitrogen and oxygen atoms in total. The number of hydrogen-bond donors (Lipinski definition) is 1. The lowest BCUT2D eigenvalue weighted by Gasteiger charge is -2.20. The van der Waals surface area contributed by atoms with Crippen LogP contribution in [0.1, 0.15) is 18.4 Å². The smallest absolute Gasteiger partial charge is 0.407 e. The third kappa shape index (κ3) is 4.41. The van der Waals surface area contributed by atoms with Crippen LogP contribution in [0.4, 0.5) is 22.0 Å². The van der Waals surface area contributed by atoms with Crippen molar-refractivity contribution in [2.45, 2.75) is 36.1 Å². The summed E-state index contributed by atoms with van der Waals surface area (Å²) < 4.78 is 98.4. The van der Waals surface area contributed by atoms with Crippen LogP contribution >= 0.6 is 0 Å². The predicted molar refractivity (Wildman–Crippen MR) is 122 cm³/mol. The summed E-state index contributed by atoms with van der Waals surface area (Å²) in [7, 11) is -4.57. The van der Waals surface area contributed by atoms with E-state index in [4.69, 9.17) is 0 Å². The molecular formula is C23H15F5N6O3S. The summed E-state index contributed by atoms with van der Waals surface area (Å²) in [5.74, 6) is -0.151. The number of nitrogens with one attached hydrogen (secondary N) is 1. The van der Waals surface area contributed by atoms with Crippen LogP contribution in [0.2, 0.25) is 0 Å². The van der Waals surface area contributed by atoms with Gasteiger partial charge in [-0.1, -0.05) is 0 Å². The minimum atomic E-state index is -4.75. The zero-order valence-electron chi connectivity index (χ0n) is 18.9. The number of pyridine rings is 1. The van der Waals surface area contributed by atoms with Crippen molar-refractivity contribution >= 4 is 20.9 Å². The van der Waals surface area contributed by atoms with Gasteiger partial charge in [0.05, 0.1) is 22.5 Å². The quantitative estimate of drug-likeness (QED) is 0.340. The Bertz CT molecular complexity index is 1660. The molecule has 1 aliphatic carbocycles. The molecule has 0 bridgehead atoms. The van der Waals surface area contributed by atoms with Crippen LogP contribution in [-0.4, -0.2) is 46.3 Å². The summed E-state index contributed by atoms with van der Waals surface area (Å²) >= 11 is 0. The van der Waals surface area contributed by atoms with Gasteiger partial charge in [0.2, 0.25) is 16.0 Å². The van der Waals surface area contributed by atoms with Crippen molar-refractivity contribution in [3.05, 3.63) is 60.6 Å². The third-order valence-electron chi connectivity index (χ3n) is 5.94. The molecule has 0 aliphatic heterocycles. The minimum absolute atomic E-state index is 0.0456. The first kappa shape index (κ1) is 25.5. The summed E-state index contributed by atoms with van der Waals surface area (Å²) in [4.78, 5) is 11.9. The van der Waals surface area contributed by atoms with Crippen LogP contribution in [0.5, 0.6) is 5.75 Å². The molecule has 5 rings (SSSR count). The first-order chi connectivity index (χ1) is 18.0. The van der Waals surface area contributed by atoms with Gasteiger partial charge in [-0.3, -0.25) is 9.55 Å². The Morgan fingerprint density at radius 3 is 2.37 bits per heavy atom. The molecule has 1 aliphatic rings. The number of ether oxygens (including phenoxy) is 1. The Hall–Kier alpha value is -4.16. The van der Waals surface area contributed by atoms with Crippen LogP contribution < -0.4 is 9.46 Å². The van der Waals surface area contributed by atoms with E-state index < -0.39 is 33.2 Å². The number of nitriles is 1. The maximum absolute atomic E-state index is 13.3. The second-order valence-corrected chi connectivity index (χ2v) is 10.0. The molecular weight excluding hydrogens is 535 g/mol. The van der Waals surface area contributed by atoms with Crippen molar-refractivity contribution < 1.29 is 35.1 Å². The lowest BCUT2D eigenvalue weighted by atomic mass is 10.1. The summed E-state index contributed by atoms with van der Waals surface area (Å²) in [6.45, 7) is -3.10. The van der Waals surface area contributed by atoms with Crippen molar-refractivity contribution in [2.75, 3.05) is 0 Å². The highest BCUT2D eigenvalue weighted by Gasteiger charge is 2.65. The van der Waals surface area contributed by atoms with E-state index in [1.165, 1.54) is 47.3 Å². The molecule has 0 atom stereocenters. The van der Waals surface area contributed by atoms with Crippen LogP contribution in [0.25, 0.3) is 28.2 Å². The van der Waals surface area contributed by atoms with E-state index in [0.29, 0.717) is 5.39 Å². The number of rotatable bonds is 7. The Kier molecular flexibility index (Phi) is 6.03. The number of alkyl halides is 5. The van der Waals surface area contributed by atoms with Gasteiger partial charge in [0, 0.05) is 30.0 Å². The molecule has 38 heavy (non-hydrogen) atoms. The number of hydrogen-bond acceptors (Lipinski definition) is 7. The van der Waals surface area contributed by atoms with E-state index in [9.17, 15) is 35.6 Å². The summed E-state index contributed by atoms with van der Waals surface area (Å²) in [5, 5.41) is 10.3. The Morgan fingerprint density at radius 2 is 1.82 bits per heavy atom. The fraction of sp³-hybridized carbons (Fsp3) is 0.217. The van der Waals surface area contributed by atoms with Gasteiger partial charge in [-0.05, 0) is 43.2 Å². The largest absolute Gasteiger partial charge is 0.435 e. The summed E-state index contributed by atoms with van der Waals surface area (Å²) in [6.07, 6.45) is -1.81. The number of aromatic nitrogens is 4. The van der Waals surface area contributed by atoms with Gasteiger partial charge in [0.25, 0.3) is 0 Å². The van der Waals surface area contributed by atoms with Crippen molar-refractivity contribution in [2.24, 2.45) is 0 Å². The average Bonchev–Trinajstić information content (AvgIpc) is 3.58. The predicted octanol–water partition coefficient (Wildman–Crippen LogP) is 4.33. The molecule has 1 saturated carbocycles. The zero-order chi connectivity index (χ0) is 27.3. The molecule has 0 spiro atoms. The topological polar surface area (TPSA) is 123 Å². The summed E-state index contributed by atoms with van der Waals surface area (Å²) in [6, 6.07) is 9.73. The van der Waals surface area contributed by atoms with Gasteiger partial charge in [-0.25, -0.2) is 18.4 Å². The lowest BCUT2D eigenvalue weighted by molar-refractivity contribution is -0.160. The second kappa shape index (κ2) is 8.99. The Balaban J connectivity index is 1.64. The third-order valence-corrected chi connectivity index (χ3v) is 7.46. The molecule has 196 valence electrons. The van der Waals surface area contributed by atoms with E-state index in [1.807, 2.05) is 6.07 Å². The minimum Gasteiger partial charge on any atom is -0.435 e. The van der Waals surface area contributed by atoms with E-state index in [2.05, 4.69) is 19.7 Å². The van der Waals surface area contributed by atoms with Gasteiger partial charge in [-0.15, -0.1) is 0 Å². The van der Waals surface area contributed by atoms with Crippen molar-refractivity contribution in [1.82, 2.24) is 24.2 Å². The lowest BCUT2D eigenvalue weighted by Crippen LogP contribution is -2.47. The fourth-order valence-corrected chi connectivity index (χ4v) is 5.37. The first-order valence-electron chi connectivity index (χ1n) is 10.8. The molecule has 0 radical (unpaired) electrons. The van der Waals surface area contributed by atoms with Gasteiger partial charge in [-0.2, -0.15) is 31.9 Å². The Labute approximate surface area is 211 Å². The number of halogens is 5. The van der Waals surface area contributed by atoms with E-state index in [1.54, 1.807) is 4.72 Å². The van der Waals surface area contributed by atoms with Gasteiger partial charge in [0.15, 0.2) is 0 Å². The normalized spacial score (nSPS) is 15.0. The van der Waals surface area contributed by atoms with Crippen LogP contribution in [-0.2, 0) is 10.0 Å². The monoisotopic (exact) mass is 550 g/mol. The number of sulfonamides is 1.